The van der Waals surface area contributed by atoms with E-state index in [9.17, 15) is 8.78 Å². The van der Waals surface area contributed by atoms with E-state index in [4.69, 9.17) is 0 Å². The minimum atomic E-state index is -0.502. The van der Waals surface area contributed by atoms with Crippen molar-refractivity contribution in [3.05, 3.63) is 35.4 Å². The molecule has 0 aromatic heterocycles. The second kappa shape index (κ2) is 7.69. The predicted molar refractivity (Wildman–Crippen MR) is 88.3 cm³/mol. The third kappa shape index (κ3) is 4.49. The number of likely N-dealkylation sites (tertiary alicyclic amines) is 1. The second-order valence-electron chi connectivity index (χ2n) is 6.96. The fourth-order valence-electron chi connectivity index (χ4n) is 3.72. The number of nitrogens with zero attached hydrogens (tertiary/aromatic N) is 3. The van der Waals surface area contributed by atoms with Gasteiger partial charge in [-0.2, -0.15) is 0 Å². The largest absolute Gasteiger partial charge is 0.304 e. The maximum absolute atomic E-state index is 13.9. The van der Waals surface area contributed by atoms with E-state index in [0.29, 0.717) is 18.2 Å². The Morgan fingerprint density at radius 1 is 1.04 bits per heavy atom. The Morgan fingerprint density at radius 2 is 1.83 bits per heavy atom. The summed E-state index contributed by atoms with van der Waals surface area (Å²) in [6, 6.07) is 4.49. The number of benzene rings is 1. The fourth-order valence-corrected chi connectivity index (χ4v) is 3.72. The molecular formula is C18H27F2N3. The van der Waals surface area contributed by atoms with Crippen LogP contribution in [0.15, 0.2) is 18.2 Å². The summed E-state index contributed by atoms with van der Waals surface area (Å²) in [6.45, 7) is 7.07. The average Bonchev–Trinajstić information content (AvgIpc) is 2.76. The van der Waals surface area contributed by atoms with Gasteiger partial charge in [-0.05, 0) is 32.5 Å². The molecule has 0 bridgehead atoms. The second-order valence-corrected chi connectivity index (χ2v) is 6.96. The van der Waals surface area contributed by atoms with Gasteiger partial charge in [0.15, 0.2) is 0 Å². The lowest BCUT2D eigenvalue weighted by molar-refractivity contribution is 0.0872. The van der Waals surface area contributed by atoms with Crippen molar-refractivity contribution in [1.82, 2.24) is 14.7 Å². The van der Waals surface area contributed by atoms with Gasteiger partial charge >= 0.3 is 0 Å². The molecule has 1 unspecified atom stereocenters. The van der Waals surface area contributed by atoms with Crippen LogP contribution in [0.5, 0.6) is 0 Å². The Hall–Kier alpha value is -1.04. The molecule has 0 aliphatic carbocycles. The summed E-state index contributed by atoms with van der Waals surface area (Å²) in [4.78, 5) is 7.31. The molecule has 0 N–H and O–H groups in total. The van der Waals surface area contributed by atoms with E-state index in [1.54, 1.807) is 6.07 Å². The van der Waals surface area contributed by atoms with Crippen molar-refractivity contribution < 1.29 is 8.78 Å². The Balaban J connectivity index is 1.62. The Labute approximate surface area is 137 Å². The quantitative estimate of drug-likeness (QED) is 0.846. The predicted octanol–water partition coefficient (Wildman–Crippen LogP) is 2.57. The first-order chi connectivity index (χ1) is 11.1. The van der Waals surface area contributed by atoms with E-state index >= 15 is 0 Å². The van der Waals surface area contributed by atoms with Gasteiger partial charge in [-0.3, -0.25) is 9.80 Å². The van der Waals surface area contributed by atoms with Crippen LogP contribution < -0.4 is 0 Å². The number of rotatable bonds is 3. The molecule has 0 spiro atoms. The monoisotopic (exact) mass is 323 g/mol. The molecular weight excluding hydrogens is 296 g/mol. The summed E-state index contributed by atoms with van der Waals surface area (Å²) >= 11 is 0. The Bertz CT molecular complexity index is 515. The van der Waals surface area contributed by atoms with Crippen molar-refractivity contribution in [3.63, 3.8) is 0 Å². The van der Waals surface area contributed by atoms with Crippen molar-refractivity contribution in [1.29, 1.82) is 0 Å². The molecule has 5 heteroatoms. The topological polar surface area (TPSA) is 9.72 Å². The minimum Gasteiger partial charge on any atom is -0.304 e. The summed E-state index contributed by atoms with van der Waals surface area (Å²) in [6.07, 6.45) is 3.62. The summed E-state index contributed by atoms with van der Waals surface area (Å²) in [7, 11) is 2.17. The highest BCUT2D eigenvalue weighted by Gasteiger charge is 2.26. The van der Waals surface area contributed by atoms with Gasteiger partial charge in [0.25, 0.3) is 0 Å². The maximum atomic E-state index is 13.9. The van der Waals surface area contributed by atoms with E-state index in [-0.39, 0.29) is 0 Å². The van der Waals surface area contributed by atoms with Crippen molar-refractivity contribution in [3.8, 4) is 0 Å². The summed E-state index contributed by atoms with van der Waals surface area (Å²) < 4.78 is 27.0. The van der Waals surface area contributed by atoms with E-state index in [1.807, 2.05) is 0 Å². The van der Waals surface area contributed by atoms with E-state index < -0.39 is 11.6 Å². The first-order valence-electron chi connectivity index (χ1n) is 8.71. The van der Waals surface area contributed by atoms with Gasteiger partial charge in [-0.25, -0.2) is 8.78 Å². The van der Waals surface area contributed by atoms with Gasteiger partial charge in [0, 0.05) is 56.9 Å². The zero-order valence-corrected chi connectivity index (χ0v) is 14.0. The normalized spacial score (nSPS) is 25.4. The standard InChI is InChI=1S/C18H27F2N3/c1-21-8-10-23(11-9-21)17-4-2-3-7-22(14-17)13-15-5-6-16(19)12-18(15)20/h5-6,12,17H,2-4,7-11,13-14H2,1H3. The molecule has 0 saturated carbocycles. The zero-order chi connectivity index (χ0) is 16.2. The van der Waals surface area contributed by atoms with Gasteiger partial charge in [0.05, 0.1) is 0 Å². The molecule has 2 fully saturated rings. The molecule has 3 nitrogen and oxygen atoms in total. The minimum absolute atomic E-state index is 0.426. The highest BCUT2D eigenvalue weighted by Crippen LogP contribution is 2.20. The molecule has 0 radical (unpaired) electrons. The van der Waals surface area contributed by atoms with Crippen LogP contribution in [-0.4, -0.2) is 67.1 Å². The SMILES string of the molecule is CN1CCN(C2CCCCN(Cc3ccc(F)cc3F)C2)CC1. The first-order valence-corrected chi connectivity index (χ1v) is 8.71. The number of likely N-dealkylation sites (N-methyl/N-ethyl adjacent to an activating group) is 1. The molecule has 2 aliphatic heterocycles. The van der Waals surface area contributed by atoms with Crippen LogP contribution in [0, 0.1) is 11.6 Å². The van der Waals surface area contributed by atoms with Crippen molar-refractivity contribution in [2.75, 3.05) is 46.3 Å². The highest BCUT2D eigenvalue weighted by atomic mass is 19.1. The van der Waals surface area contributed by atoms with Crippen LogP contribution in [0.25, 0.3) is 0 Å². The number of piperazine rings is 1. The Morgan fingerprint density at radius 3 is 2.57 bits per heavy atom. The third-order valence-electron chi connectivity index (χ3n) is 5.19. The van der Waals surface area contributed by atoms with Gasteiger partial charge in [0.1, 0.15) is 11.6 Å². The van der Waals surface area contributed by atoms with Gasteiger partial charge < -0.3 is 4.90 Å². The van der Waals surface area contributed by atoms with Gasteiger partial charge in [-0.15, -0.1) is 0 Å². The number of halogens is 2. The van der Waals surface area contributed by atoms with Gasteiger partial charge in [0.2, 0.25) is 0 Å². The molecule has 3 rings (SSSR count). The van der Waals surface area contributed by atoms with Crippen molar-refractivity contribution >= 4 is 0 Å². The first kappa shape index (κ1) is 16.8. The molecule has 1 aromatic carbocycles. The summed E-state index contributed by atoms with van der Waals surface area (Å²) in [5.74, 6) is -0.928. The number of hydrogen-bond acceptors (Lipinski definition) is 3. The molecule has 2 heterocycles. The van der Waals surface area contributed by atoms with Gasteiger partial charge in [-0.1, -0.05) is 12.5 Å². The zero-order valence-electron chi connectivity index (χ0n) is 14.0. The van der Waals surface area contributed by atoms with Crippen LogP contribution in [-0.2, 0) is 6.54 Å². The van der Waals surface area contributed by atoms with Crippen molar-refractivity contribution in [2.24, 2.45) is 0 Å². The lowest BCUT2D eigenvalue weighted by atomic mass is 10.1. The number of hydrogen-bond donors (Lipinski definition) is 0. The van der Waals surface area contributed by atoms with E-state index in [2.05, 4.69) is 21.7 Å². The lowest BCUT2D eigenvalue weighted by Crippen LogP contribution is -2.51. The Kier molecular flexibility index (Phi) is 5.62. The smallest absolute Gasteiger partial charge is 0.130 e. The molecule has 23 heavy (non-hydrogen) atoms. The molecule has 128 valence electrons. The van der Waals surface area contributed by atoms with E-state index in [0.717, 1.165) is 51.8 Å². The molecule has 1 aromatic rings. The highest BCUT2D eigenvalue weighted by molar-refractivity contribution is 5.18. The van der Waals surface area contributed by atoms with Crippen LogP contribution in [0.4, 0.5) is 8.78 Å². The summed E-state index contributed by atoms with van der Waals surface area (Å²) in [5, 5.41) is 0. The lowest BCUT2D eigenvalue weighted by Gasteiger charge is -2.39. The van der Waals surface area contributed by atoms with Crippen LogP contribution in [0.3, 0.4) is 0 Å². The molecule has 1 atom stereocenters. The van der Waals surface area contributed by atoms with Crippen LogP contribution >= 0.6 is 0 Å². The molecule has 0 amide bonds. The maximum Gasteiger partial charge on any atom is 0.130 e. The average molecular weight is 323 g/mol. The van der Waals surface area contributed by atoms with Crippen LogP contribution in [0.1, 0.15) is 24.8 Å². The third-order valence-corrected chi connectivity index (χ3v) is 5.19. The van der Waals surface area contributed by atoms with E-state index in [1.165, 1.54) is 18.9 Å². The summed E-state index contributed by atoms with van der Waals surface area (Å²) in [5.41, 5.74) is 0.602. The molecule has 2 saturated heterocycles. The molecule has 2 aliphatic rings. The van der Waals surface area contributed by atoms with Crippen molar-refractivity contribution in [2.45, 2.75) is 31.8 Å². The fraction of sp³-hybridized carbons (Fsp3) is 0.667. The van der Waals surface area contributed by atoms with Crippen LogP contribution in [0.2, 0.25) is 0 Å².